The summed E-state index contributed by atoms with van der Waals surface area (Å²) in [5.74, 6) is 0.132. The lowest BCUT2D eigenvalue weighted by atomic mass is 10.2. The summed E-state index contributed by atoms with van der Waals surface area (Å²) in [5, 5.41) is -0.366. The number of hydrogen-bond donors (Lipinski definition) is 0. The van der Waals surface area contributed by atoms with E-state index in [4.69, 9.17) is 9.47 Å². The van der Waals surface area contributed by atoms with Crippen molar-refractivity contribution in [3.05, 3.63) is 63.5 Å². The summed E-state index contributed by atoms with van der Waals surface area (Å²) in [7, 11) is 1.27. The molecule has 0 N–H and O–H groups in total. The summed E-state index contributed by atoms with van der Waals surface area (Å²) in [6, 6.07) is 14.3. The standard InChI is InChI=1S/C21H18BrNO6S/c1-27-19(24)13-29-17-8-7-15(22)11-14(17)12-18-20(25)23(21(26)30-18)9-10-28-16-5-3-2-4-6-16/h2-8,11-12H,9-10,13H2,1H3/b18-12-. The quantitative estimate of drug-likeness (QED) is 0.405. The molecule has 0 aromatic heterocycles. The third-order valence-corrected chi connectivity index (χ3v) is 5.43. The molecule has 1 fully saturated rings. The SMILES string of the molecule is COC(=O)COc1ccc(Br)cc1/C=C1\SC(=O)N(CCOc2ccccc2)C1=O. The van der Waals surface area contributed by atoms with Crippen LogP contribution in [0.25, 0.3) is 6.08 Å². The number of amides is 2. The van der Waals surface area contributed by atoms with E-state index in [9.17, 15) is 14.4 Å². The minimum Gasteiger partial charge on any atom is -0.492 e. The van der Waals surface area contributed by atoms with E-state index in [1.54, 1.807) is 36.4 Å². The van der Waals surface area contributed by atoms with Gasteiger partial charge >= 0.3 is 5.97 Å². The van der Waals surface area contributed by atoms with E-state index < -0.39 is 11.9 Å². The third-order valence-electron chi connectivity index (χ3n) is 4.03. The number of methoxy groups -OCH3 is 1. The van der Waals surface area contributed by atoms with Crippen LogP contribution in [0.1, 0.15) is 5.56 Å². The molecule has 30 heavy (non-hydrogen) atoms. The zero-order valence-corrected chi connectivity index (χ0v) is 18.4. The Morgan fingerprint density at radius 3 is 2.63 bits per heavy atom. The highest BCUT2D eigenvalue weighted by Crippen LogP contribution is 2.34. The molecule has 0 spiro atoms. The van der Waals surface area contributed by atoms with E-state index in [2.05, 4.69) is 20.7 Å². The topological polar surface area (TPSA) is 82.1 Å². The zero-order chi connectivity index (χ0) is 21.5. The van der Waals surface area contributed by atoms with Crippen LogP contribution >= 0.6 is 27.7 Å². The number of imide groups is 1. The Morgan fingerprint density at radius 1 is 1.13 bits per heavy atom. The Balaban J connectivity index is 1.70. The first-order chi connectivity index (χ1) is 14.5. The fourth-order valence-corrected chi connectivity index (χ4v) is 3.80. The molecule has 0 bridgehead atoms. The minimum atomic E-state index is -0.525. The maximum atomic E-state index is 12.7. The Bertz CT molecular complexity index is 979. The van der Waals surface area contributed by atoms with Gasteiger partial charge < -0.3 is 14.2 Å². The number of rotatable bonds is 8. The third kappa shape index (κ3) is 5.64. The molecule has 7 nitrogen and oxygen atoms in total. The molecule has 3 rings (SSSR count). The largest absolute Gasteiger partial charge is 0.492 e. The number of halogens is 1. The van der Waals surface area contributed by atoms with Crippen molar-refractivity contribution in [3.8, 4) is 11.5 Å². The van der Waals surface area contributed by atoms with Gasteiger partial charge in [-0.3, -0.25) is 14.5 Å². The van der Waals surface area contributed by atoms with Gasteiger partial charge in [0.05, 0.1) is 18.6 Å². The number of ether oxygens (including phenoxy) is 3. The lowest BCUT2D eigenvalue weighted by Gasteiger charge is -2.13. The molecule has 1 saturated heterocycles. The number of esters is 1. The van der Waals surface area contributed by atoms with E-state index in [-0.39, 0.29) is 29.9 Å². The molecule has 2 aromatic carbocycles. The smallest absolute Gasteiger partial charge is 0.343 e. The van der Waals surface area contributed by atoms with Crippen molar-refractivity contribution in [1.29, 1.82) is 0 Å². The molecule has 9 heteroatoms. The molecule has 156 valence electrons. The van der Waals surface area contributed by atoms with Crippen LogP contribution in [0.3, 0.4) is 0 Å². The highest BCUT2D eigenvalue weighted by atomic mass is 79.9. The first kappa shape index (κ1) is 21.9. The lowest BCUT2D eigenvalue weighted by molar-refractivity contribution is -0.142. The average molecular weight is 492 g/mol. The fraction of sp³-hybridized carbons (Fsp3) is 0.190. The van der Waals surface area contributed by atoms with Gasteiger partial charge in [0.25, 0.3) is 11.1 Å². The molecule has 2 amide bonds. The van der Waals surface area contributed by atoms with Crippen molar-refractivity contribution in [2.75, 3.05) is 26.9 Å². The van der Waals surface area contributed by atoms with Gasteiger partial charge in [0, 0.05) is 10.0 Å². The maximum Gasteiger partial charge on any atom is 0.343 e. The van der Waals surface area contributed by atoms with Gasteiger partial charge in [-0.15, -0.1) is 0 Å². The molecule has 1 aliphatic heterocycles. The molecular weight excluding hydrogens is 474 g/mol. The second kappa shape index (κ2) is 10.3. The lowest BCUT2D eigenvalue weighted by Crippen LogP contribution is -2.32. The van der Waals surface area contributed by atoms with Gasteiger partial charge in [-0.1, -0.05) is 34.1 Å². The van der Waals surface area contributed by atoms with Crippen molar-refractivity contribution < 1.29 is 28.6 Å². The summed E-state index contributed by atoms with van der Waals surface area (Å²) < 4.78 is 16.4. The minimum absolute atomic E-state index is 0.140. The summed E-state index contributed by atoms with van der Waals surface area (Å²) in [6.45, 7) is 0.0675. The van der Waals surface area contributed by atoms with E-state index in [1.165, 1.54) is 7.11 Å². The van der Waals surface area contributed by atoms with Crippen LogP contribution in [0, 0.1) is 0 Å². The number of carbonyl (C=O) groups excluding carboxylic acids is 3. The molecule has 0 atom stereocenters. The van der Waals surface area contributed by atoms with E-state index in [1.807, 2.05) is 18.2 Å². The zero-order valence-electron chi connectivity index (χ0n) is 16.0. The molecule has 0 unspecified atom stereocenters. The van der Waals surface area contributed by atoms with Crippen molar-refractivity contribution >= 4 is 50.9 Å². The van der Waals surface area contributed by atoms with Gasteiger partial charge in [-0.05, 0) is 48.2 Å². The van der Waals surface area contributed by atoms with Crippen molar-refractivity contribution in [3.63, 3.8) is 0 Å². The Kier molecular flexibility index (Phi) is 7.53. The molecule has 1 aliphatic rings. The van der Waals surface area contributed by atoms with Crippen LogP contribution in [0.5, 0.6) is 11.5 Å². The maximum absolute atomic E-state index is 12.7. The summed E-state index contributed by atoms with van der Waals surface area (Å²) in [6.07, 6.45) is 1.57. The molecule has 2 aromatic rings. The fourth-order valence-electron chi connectivity index (χ4n) is 2.56. The van der Waals surface area contributed by atoms with Crippen LogP contribution < -0.4 is 9.47 Å². The predicted octanol–water partition coefficient (Wildman–Crippen LogP) is 4.12. The highest BCUT2D eigenvalue weighted by molar-refractivity contribution is 9.10. The van der Waals surface area contributed by atoms with Crippen LogP contribution in [-0.2, 0) is 14.3 Å². The number of carbonyl (C=O) groups is 3. The van der Waals surface area contributed by atoms with Crippen molar-refractivity contribution in [2.45, 2.75) is 0 Å². The van der Waals surface area contributed by atoms with Crippen LogP contribution in [-0.4, -0.2) is 48.9 Å². The van der Waals surface area contributed by atoms with E-state index >= 15 is 0 Å². The van der Waals surface area contributed by atoms with Gasteiger partial charge in [0.2, 0.25) is 0 Å². The molecule has 0 aliphatic carbocycles. The highest BCUT2D eigenvalue weighted by Gasteiger charge is 2.35. The van der Waals surface area contributed by atoms with Gasteiger partial charge in [0.1, 0.15) is 18.1 Å². The predicted molar refractivity (Wildman–Crippen MR) is 116 cm³/mol. The Morgan fingerprint density at radius 2 is 1.90 bits per heavy atom. The number of benzene rings is 2. The van der Waals surface area contributed by atoms with Crippen LogP contribution in [0.2, 0.25) is 0 Å². The number of para-hydroxylation sites is 1. The van der Waals surface area contributed by atoms with Crippen molar-refractivity contribution in [2.24, 2.45) is 0 Å². The average Bonchev–Trinajstić information content (AvgIpc) is 3.01. The monoisotopic (exact) mass is 491 g/mol. The summed E-state index contributed by atoms with van der Waals surface area (Å²) in [4.78, 5) is 37.8. The normalized spacial score (nSPS) is 14.9. The Labute approximate surface area is 186 Å². The second-order valence-electron chi connectivity index (χ2n) is 6.04. The summed E-state index contributed by atoms with van der Waals surface area (Å²) in [5.41, 5.74) is 0.555. The van der Waals surface area contributed by atoms with E-state index in [0.29, 0.717) is 17.1 Å². The first-order valence-corrected chi connectivity index (χ1v) is 10.5. The molecule has 0 radical (unpaired) electrons. The molecule has 0 saturated carbocycles. The van der Waals surface area contributed by atoms with Crippen molar-refractivity contribution in [1.82, 2.24) is 4.90 Å². The summed E-state index contributed by atoms with van der Waals surface area (Å²) >= 11 is 4.22. The Hall–Kier alpha value is -2.78. The number of nitrogens with zero attached hydrogens (tertiary/aromatic N) is 1. The molecular formula is C21H18BrNO6S. The number of hydrogen-bond acceptors (Lipinski definition) is 7. The van der Waals surface area contributed by atoms with Crippen LogP contribution in [0.4, 0.5) is 4.79 Å². The van der Waals surface area contributed by atoms with Gasteiger partial charge in [0.15, 0.2) is 6.61 Å². The van der Waals surface area contributed by atoms with Gasteiger partial charge in [-0.2, -0.15) is 0 Å². The molecule has 1 heterocycles. The second-order valence-corrected chi connectivity index (χ2v) is 7.95. The first-order valence-electron chi connectivity index (χ1n) is 8.90. The van der Waals surface area contributed by atoms with Gasteiger partial charge in [-0.25, -0.2) is 4.79 Å². The van der Waals surface area contributed by atoms with Crippen LogP contribution in [0.15, 0.2) is 57.9 Å². The number of thioether (sulfide) groups is 1. The van der Waals surface area contributed by atoms with E-state index in [0.717, 1.165) is 21.1 Å².